The summed E-state index contributed by atoms with van der Waals surface area (Å²) in [7, 11) is 1.32. The second-order valence-corrected chi connectivity index (χ2v) is 6.51. The molecule has 1 heterocycles. The van der Waals surface area contributed by atoms with Gasteiger partial charge in [0.2, 0.25) is 0 Å². The van der Waals surface area contributed by atoms with E-state index in [1.807, 2.05) is 24.3 Å². The van der Waals surface area contributed by atoms with Gasteiger partial charge in [0.25, 0.3) is 0 Å². The first-order valence-electron chi connectivity index (χ1n) is 7.32. The Labute approximate surface area is 156 Å². The van der Waals surface area contributed by atoms with Crippen molar-refractivity contribution in [1.29, 1.82) is 5.26 Å². The van der Waals surface area contributed by atoms with Crippen LogP contribution in [0.15, 0.2) is 36.4 Å². The monoisotopic (exact) mass is 392 g/mol. The molecule has 2 aromatic carbocycles. The molecule has 1 aromatic heterocycles. The van der Waals surface area contributed by atoms with Crippen molar-refractivity contribution >= 4 is 44.8 Å². The summed E-state index contributed by atoms with van der Waals surface area (Å²) in [4.78, 5) is 4.44. The van der Waals surface area contributed by atoms with Gasteiger partial charge in [-0.15, -0.1) is 11.3 Å². The average Bonchev–Trinajstić information content (AvgIpc) is 3.05. The fraction of sp³-hybridized carbons (Fsp3) is 0.111. The molecule has 3 rings (SSSR count). The Kier molecular flexibility index (Phi) is 5.35. The minimum absolute atomic E-state index is 0.0440. The summed E-state index contributed by atoms with van der Waals surface area (Å²) in [5.41, 5.74) is 1.63. The molecule has 0 N–H and O–H groups in total. The van der Waals surface area contributed by atoms with Gasteiger partial charge in [-0.3, -0.25) is 0 Å². The molecule has 0 unspecified atom stereocenters. The molecule has 0 saturated heterocycles. The molecular formula is C18H11ClF2N2O2S. The van der Waals surface area contributed by atoms with E-state index in [9.17, 15) is 14.0 Å². The summed E-state index contributed by atoms with van der Waals surface area (Å²) < 4.78 is 35.4. The molecule has 0 aliphatic heterocycles. The standard InChI is InChI=1S/C18H11ClF2N2O2S/c1-24-14-8-10(7-12(19)16(14)25-18(20)21)6-11(9-22)17-23-13-4-2-3-5-15(13)26-17/h2-8,18H,1H3/b11-6+. The molecule has 0 fully saturated rings. The van der Waals surface area contributed by atoms with Gasteiger partial charge in [-0.2, -0.15) is 14.0 Å². The fourth-order valence-electron chi connectivity index (χ4n) is 2.32. The van der Waals surface area contributed by atoms with E-state index in [1.165, 1.54) is 30.6 Å². The Bertz CT molecular complexity index is 995. The number of nitriles is 1. The number of hydrogen-bond acceptors (Lipinski definition) is 5. The van der Waals surface area contributed by atoms with Crippen LogP contribution in [0.2, 0.25) is 5.02 Å². The molecule has 26 heavy (non-hydrogen) atoms. The summed E-state index contributed by atoms with van der Waals surface area (Å²) in [6.45, 7) is -3.03. The summed E-state index contributed by atoms with van der Waals surface area (Å²) in [6, 6.07) is 12.5. The predicted octanol–water partition coefficient (Wildman–Crippen LogP) is 5.62. The van der Waals surface area contributed by atoms with Crippen molar-refractivity contribution < 1.29 is 18.3 Å². The normalized spacial score (nSPS) is 11.6. The van der Waals surface area contributed by atoms with Crippen molar-refractivity contribution in [3.8, 4) is 17.6 Å². The third-order valence-electron chi connectivity index (χ3n) is 3.41. The SMILES string of the molecule is COc1cc(/C=C(\C#N)c2nc3ccccc3s2)cc(Cl)c1OC(F)F. The highest BCUT2D eigenvalue weighted by atomic mass is 35.5. The second-order valence-electron chi connectivity index (χ2n) is 5.07. The van der Waals surface area contributed by atoms with E-state index in [2.05, 4.69) is 15.8 Å². The summed E-state index contributed by atoms with van der Waals surface area (Å²) in [5, 5.41) is 10.0. The average molecular weight is 393 g/mol. The first-order valence-corrected chi connectivity index (χ1v) is 8.51. The molecule has 3 aromatic rings. The van der Waals surface area contributed by atoms with Crippen molar-refractivity contribution in [2.75, 3.05) is 7.11 Å². The van der Waals surface area contributed by atoms with E-state index in [4.69, 9.17) is 16.3 Å². The second kappa shape index (κ2) is 7.68. The highest BCUT2D eigenvalue weighted by molar-refractivity contribution is 7.19. The van der Waals surface area contributed by atoms with Crippen LogP contribution in [0.5, 0.6) is 11.5 Å². The highest BCUT2D eigenvalue weighted by Crippen LogP contribution is 2.38. The van der Waals surface area contributed by atoms with Gasteiger partial charge in [-0.05, 0) is 35.9 Å². The predicted molar refractivity (Wildman–Crippen MR) is 97.7 cm³/mol. The molecule has 0 aliphatic rings. The zero-order valence-corrected chi connectivity index (χ0v) is 14.9. The Hall–Kier alpha value is -2.69. The van der Waals surface area contributed by atoms with Crippen molar-refractivity contribution in [1.82, 2.24) is 4.98 Å². The number of thiazole rings is 1. The van der Waals surface area contributed by atoms with Crippen LogP contribution in [0.25, 0.3) is 21.9 Å². The van der Waals surface area contributed by atoms with Gasteiger partial charge in [-0.1, -0.05) is 23.7 Å². The van der Waals surface area contributed by atoms with Gasteiger partial charge >= 0.3 is 6.61 Å². The van der Waals surface area contributed by atoms with E-state index in [0.717, 1.165) is 10.2 Å². The van der Waals surface area contributed by atoms with Gasteiger partial charge < -0.3 is 9.47 Å². The zero-order valence-electron chi connectivity index (χ0n) is 13.4. The molecule has 4 nitrogen and oxygen atoms in total. The van der Waals surface area contributed by atoms with Gasteiger partial charge in [0.1, 0.15) is 11.1 Å². The first-order chi connectivity index (χ1) is 12.5. The number of hydrogen-bond donors (Lipinski definition) is 0. The maximum atomic E-state index is 12.5. The number of benzene rings is 2. The van der Waals surface area contributed by atoms with Gasteiger partial charge in [-0.25, -0.2) is 4.98 Å². The first kappa shape index (κ1) is 18.1. The van der Waals surface area contributed by atoms with E-state index in [1.54, 1.807) is 6.08 Å². The number of fused-ring (bicyclic) bond motifs is 1. The number of halogens is 3. The van der Waals surface area contributed by atoms with E-state index in [0.29, 0.717) is 16.1 Å². The lowest BCUT2D eigenvalue weighted by molar-refractivity contribution is -0.0511. The van der Waals surface area contributed by atoms with Crippen LogP contribution >= 0.6 is 22.9 Å². The Morgan fingerprint density at radius 2 is 2.12 bits per heavy atom. The Morgan fingerprint density at radius 1 is 1.35 bits per heavy atom. The largest absolute Gasteiger partial charge is 0.493 e. The van der Waals surface area contributed by atoms with Crippen LogP contribution < -0.4 is 9.47 Å². The molecular weight excluding hydrogens is 382 g/mol. The third kappa shape index (κ3) is 3.77. The summed E-state index contributed by atoms with van der Waals surface area (Å²) >= 11 is 7.42. The van der Waals surface area contributed by atoms with Gasteiger partial charge in [0.05, 0.1) is 27.9 Å². The van der Waals surface area contributed by atoms with Crippen LogP contribution in [0.1, 0.15) is 10.6 Å². The zero-order chi connectivity index (χ0) is 18.7. The molecule has 0 spiro atoms. The van der Waals surface area contributed by atoms with Crippen LogP contribution in [0.4, 0.5) is 8.78 Å². The molecule has 8 heteroatoms. The lowest BCUT2D eigenvalue weighted by Crippen LogP contribution is -2.04. The van der Waals surface area contributed by atoms with Crippen LogP contribution in [-0.4, -0.2) is 18.7 Å². The van der Waals surface area contributed by atoms with Crippen molar-refractivity contribution in [2.45, 2.75) is 6.61 Å². The van der Waals surface area contributed by atoms with E-state index in [-0.39, 0.29) is 16.5 Å². The fourth-order valence-corrected chi connectivity index (χ4v) is 3.52. The molecule has 0 aliphatic carbocycles. The van der Waals surface area contributed by atoms with E-state index >= 15 is 0 Å². The van der Waals surface area contributed by atoms with Gasteiger partial charge in [0.15, 0.2) is 11.5 Å². The maximum Gasteiger partial charge on any atom is 0.387 e. The third-order valence-corrected chi connectivity index (χ3v) is 4.76. The van der Waals surface area contributed by atoms with Crippen LogP contribution in [0.3, 0.4) is 0 Å². The molecule has 0 bridgehead atoms. The minimum atomic E-state index is -3.03. The lowest BCUT2D eigenvalue weighted by atomic mass is 10.1. The van der Waals surface area contributed by atoms with Crippen LogP contribution in [-0.2, 0) is 0 Å². The number of ether oxygens (including phenoxy) is 2. The molecule has 0 atom stereocenters. The number of aromatic nitrogens is 1. The van der Waals surface area contributed by atoms with Crippen molar-refractivity contribution in [2.24, 2.45) is 0 Å². The smallest absolute Gasteiger partial charge is 0.387 e. The Morgan fingerprint density at radius 3 is 2.77 bits per heavy atom. The quantitative estimate of drug-likeness (QED) is 0.528. The highest BCUT2D eigenvalue weighted by Gasteiger charge is 2.16. The number of para-hydroxylation sites is 1. The molecule has 132 valence electrons. The lowest BCUT2D eigenvalue weighted by Gasteiger charge is -2.12. The minimum Gasteiger partial charge on any atom is -0.493 e. The number of methoxy groups -OCH3 is 1. The maximum absolute atomic E-state index is 12.5. The number of alkyl halides is 2. The summed E-state index contributed by atoms with van der Waals surface area (Å²) in [5.74, 6) is -0.203. The number of rotatable bonds is 5. The van der Waals surface area contributed by atoms with E-state index < -0.39 is 6.61 Å². The number of nitrogens with zero attached hydrogens (tertiary/aromatic N) is 2. The molecule has 0 saturated carbocycles. The molecule has 0 radical (unpaired) electrons. The summed E-state index contributed by atoms with van der Waals surface area (Å²) in [6.07, 6.45) is 1.57. The Balaban J connectivity index is 2.04. The number of allylic oxidation sites excluding steroid dienone is 1. The van der Waals surface area contributed by atoms with Gasteiger partial charge in [0, 0.05) is 0 Å². The van der Waals surface area contributed by atoms with Crippen LogP contribution in [0, 0.1) is 11.3 Å². The van der Waals surface area contributed by atoms with Crippen molar-refractivity contribution in [3.63, 3.8) is 0 Å². The van der Waals surface area contributed by atoms with Crippen molar-refractivity contribution in [3.05, 3.63) is 52.0 Å². The molecule has 0 amide bonds. The topological polar surface area (TPSA) is 55.1 Å².